The zero-order valence-electron chi connectivity index (χ0n) is 11.0. The number of carbonyl (C=O) groups excluding carboxylic acids is 1. The molecule has 104 valence electrons. The number of amides is 1. The smallest absolute Gasteiger partial charge is 0.256 e. The molecule has 1 atom stereocenters. The van der Waals surface area contributed by atoms with E-state index in [1.54, 1.807) is 12.4 Å². The van der Waals surface area contributed by atoms with E-state index in [0.717, 1.165) is 11.6 Å². The van der Waals surface area contributed by atoms with E-state index in [9.17, 15) is 14.7 Å². The monoisotopic (exact) mass is 273 g/mol. The number of H-pyrrole nitrogens is 1. The third-order valence-corrected chi connectivity index (χ3v) is 2.82. The second-order valence-corrected chi connectivity index (χ2v) is 4.53. The van der Waals surface area contributed by atoms with Gasteiger partial charge < -0.3 is 15.4 Å². The van der Waals surface area contributed by atoms with Crippen molar-refractivity contribution in [2.24, 2.45) is 0 Å². The molecular formula is C14H15N3O3. The van der Waals surface area contributed by atoms with Gasteiger partial charge in [0.2, 0.25) is 0 Å². The fourth-order valence-corrected chi connectivity index (χ4v) is 1.87. The first kappa shape index (κ1) is 13.8. The van der Waals surface area contributed by atoms with Gasteiger partial charge in [0.1, 0.15) is 5.75 Å². The van der Waals surface area contributed by atoms with E-state index >= 15 is 0 Å². The molecule has 3 N–H and O–H groups in total. The molecule has 6 heteroatoms. The molecule has 2 heterocycles. The van der Waals surface area contributed by atoms with Gasteiger partial charge in [-0.25, -0.2) is 0 Å². The van der Waals surface area contributed by atoms with Gasteiger partial charge in [-0.2, -0.15) is 0 Å². The summed E-state index contributed by atoms with van der Waals surface area (Å²) in [7, 11) is 0. The molecule has 0 unspecified atom stereocenters. The van der Waals surface area contributed by atoms with Gasteiger partial charge in [0.05, 0.1) is 5.56 Å². The Morgan fingerprint density at radius 1 is 1.45 bits per heavy atom. The highest BCUT2D eigenvalue weighted by molar-refractivity contribution is 5.96. The van der Waals surface area contributed by atoms with Crippen LogP contribution in [-0.4, -0.2) is 27.0 Å². The third-order valence-electron chi connectivity index (χ3n) is 2.82. The molecule has 0 saturated carbocycles. The zero-order valence-corrected chi connectivity index (χ0v) is 11.0. The Morgan fingerprint density at radius 3 is 2.80 bits per heavy atom. The summed E-state index contributed by atoms with van der Waals surface area (Å²) < 4.78 is 0. The lowest BCUT2D eigenvalue weighted by molar-refractivity contribution is 0.0937. The maximum atomic E-state index is 12.0. The molecule has 0 spiro atoms. The third kappa shape index (κ3) is 3.44. The predicted molar refractivity (Wildman–Crippen MR) is 73.6 cm³/mol. The highest BCUT2D eigenvalue weighted by atomic mass is 16.3. The van der Waals surface area contributed by atoms with Crippen LogP contribution in [0.1, 0.15) is 22.8 Å². The lowest BCUT2D eigenvalue weighted by Gasteiger charge is -2.14. The number of nitrogens with zero attached hydrogens (tertiary/aromatic N) is 1. The van der Waals surface area contributed by atoms with E-state index in [2.05, 4.69) is 15.3 Å². The van der Waals surface area contributed by atoms with E-state index in [4.69, 9.17) is 0 Å². The summed E-state index contributed by atoms with van der Waals surface area (Å²) in [6, 6.07) is 4.61. The van der Waals surface area contributed by atoms with Crippen molar-refractivity contribution in [2.45, 2.75) is 19.4 Å². The number of hydrogen-bond acceptors (Lipinski definition) is 4. The summed E-state index contributed by atoms with van der Waals surface area (Å²) in [5.41, 5.74) is 0.647. The maximum Gasteiger partial charge on any atom is 0.256 e. The van der Waals surface area contributed by atoms with Crippen LogP contribution in [0.4, 0.5) is 0 Å². The molecule has 2 aromatic heterocycles. The Kier molecular flexibility index (Phi) is 4.14. The van der Waals surface area contributed by atoms with Crippen molar-refractivity contribution in [3.05, 3.63) is 58.3 Å². The molecule has 2 aromatic rings. The average molecular weight is 273 g/mol. The Labute approximate surface area is 115 Å². The van der Waals surface area contributed by atoms with Gasteiger partial charge in [-0.3, -0.25) is 14.6 Å². The fourth-order valence-electron chi connectivity index (χ4n) is 1.87. The van der Waals surface area contributed by atoms with Gasteiger partial charge in [0.25, 0.3) is 11.5 Å². The van der Waals surface area contributed by atoms with Crippen LogP contribution in [0.5, 0.6) is 5.75 Å². The number of aromatic amines is 1. The largest absolute Gasteiger partial charge is 0.507 e. The SMILES string of the molecule is C[C@@H](Cc1ccncc1)NC(=O)c1c[nH]c(=O)cc1O. The van der Waals surface area contributed by atoms with Crippen LogP contribution in [-0.2, 0) is 6.42 Å². The highest BCUT2D eigenvalue weighted by Gasteiger charge is 2.14. The summed E-state index contributed by atoms with van der Waals surface area (Å²) in [5, 5.41) is 12.3. The lowest BCUT2D eigenvalue weighted by Crippen LogP contribution is -2.34. The minimum Gasteiger partial charge on any atom is -0.507 e. The van der Waals surface area contributed by atoms with E-state index in [-0.39, 0.29) is 17.4 Å². The molecule has 0 saturated heterocycles. The van der Waals surface area contributed by atoms with Crippen molar-refractivity contribution in [1.82, 2.24) is 15.3 Å². The topological polar surface area (TPSA) is 95.1 Å². The molecule has 0 bridgehead atoms. The van der Waals surface area contributed by atoms with Crippen molar-refractivity contribution in [3.8, 4) is 5.75 Å². The van der Waals surface area contributed by atoms with E-state index in [1.165, 1.54) is 6.20 Å². The molecular weight excluding hydrogens is 258 g/mol. The Morgan fingerprint density at radius 2 is 2.15 bits per heavy atom. The van der Waals surface area contributed by atoms with Gasteiger partial charge in [-0.15, -0.1) is 0 Å². The number of pyridine rings is 2. The first-order valence-electron chi connectivity index (χ1n) is 6.17. The zero-order chi connectivity index (χ0) is 14.5. The number of aromatic hydroxyl groups is 1. The molecule has 2 rings (SSSR count). The van der Waals surface area contributed by atoms with Gasteiger partial charge in [0, 0.05) is 30.7 Å². The van der Waals surface area contributed by atoms with Crippen LogP contribution in [0.2, 0.25) is 0 Å². The molecule has 6 nitrogen and oxygen atoms in total. The summed E-state index contributed by atoms with van der Waals surface area (Å²) in [6.45, 7) is 1.86. The molecule has 0 aromatic carbocycles. The molecule has 0 aliphatic rings. The lowest BCUT2D eigenvalue weighted by atomic mass is 10.1. The van der Waals surface area contributed by atoms with E-state index in [1.807, 2.05) is 19.1 Å². The van der Waals surface area contributed by atoms with Gasteiger partial charge in [-0.1, -0.05) is 0 Å². The van der Waals surface area contributed by atoms with Crippen LogP contribution >= 0.6 is 0 Å². The maximum absolute atomic E-state index is 12.0. The summed E-state index contributed by atoms with van der Waals surface area (Å²) in [6.07, 6.45) is 5.24. The van der Waals surface area contributed by atoms with Crippen LogP contribution in [0, 0.1) is 0 Å². The van der Waals surface area contributed by atoms with Crippen molar-refractivity contribution in [3.63, 3.8) is 0 Å². The molecule has 0 radical (unpaired) electrons. The van der Waals surface area contributed by atoms with E-state index in [0.29, 0.717) is 6.42 Å². The second kappa shape index (κ2) is 6.01. The average Bonchev–Trinajstić information content (AvgIpc) is 2.39. The Balaban J connectivity index is 2.02. The molecule has 20 heavy (non-hydrogen) atoms. The number of hydrogen-bond donors (Lipinski definition) is 3. The number of nitrogens with one attached hydrogen (secondary N) is 2. The minimum absolute atomic E-state index is 0.0474. The molecule has 0 aliphatic heterocycles. The Bertz CT molecular complexity index is 652. The van der Waals surface area contributed by atoms with Crippen LogP contribution in [0.15, 0.2) is 41.6 Å². The molecule has 0 aliphatic carbocycles. The number of aromatic nitrogens is 2. The van der Waals surface area contributed by atoms with Crippen molar-refractivity contribution in [1.29, 1.82) is 0 Å². The first-order chi connectivity index (χ1) is 9.56. The molecule has 0 fully saturated rings. The number of carbonyl (C=O) groups is 1. The van der Waals surface area contributed by atoms with Crippen molar-refractivity contribution < 1.29 is 9.90 Å². The van der Waals surface area contributed by atoms with Gasteiger partial charge in [0.15, 0.2) is 0 Å². The summed E-state index contributed by atoms with van der Waals surface area (Å²) in [5.74, 6) is -0.761. The summed E-state index contributed by atoms with van der Waals surface area (Å²) >= 11 is 0. The second-order valence-electron chi connectivity index (χ2n) is 4.53. The van der Waals surface area contributed by atoms with Crippen molar-refractivity contribution in [2.75, 3.05) is 0 Å². The first-order valence-corrected chi connectivity index (χ1v) is 6.17. The van der Waals surface area contributed by atoms with Crippen molar-refractivity contribution >= 4 is 5.91 Å². The summed E-state index contributed by atoms with van der Waals surface area (Å²) in [4.78, 5) is 29.2. The highest BCUT2D eigenvalue weighted by Crippen LogP contribution is 2.12. The van der Waals surface area contributed by atoms with Crippen LogP contribution in [0.25, 0.3) is 0 Å². The van der Waals surface area contributed by atoms with E-state index < -0.39 is 11.5 Å². The van der Waals surface area contributed by atoms with Gasteiger partial charge in [-0.05, 0) is 31.0 Å². The standard InChI is InChI=1S/C14H15N3O3/c1-9(6-10-2-4-15-5-3-10)17-14(20)11-8-16-13(19)7-12(11)18/h2-5,7-9H,6H2,1H3,(H,17,20)(H2,16,18,19)/t9-/m0/s1. The minimum atomic E-state index is -0.455. The van der Waals surface area contributed by atoms with Crippen LogP contribution < -0.4 is 10.9 Å². The Hall–Kier alpha value is -2.63. The fraction of sp³-hybridized carbons (Fsp3) is 0.214. The van der Waals surface area contributed by atoms with Gasteiger partial charge >= 0.3 is 0 Å². The quantitative estimate of drug-likeness (QED) is 0.769. The predicted octanol–water partition coefficient (Wildman–Crippen LogP) is 0.836. The number of rotatable bonds is 4. The van der Waals surface area contributed by atoms with Crippen LogP contribution in [0.3, 0.4) is 0 Å². The normalized spacial score (nSPS) is 11.8. The molecule has 1 amide bonds.